The van der Waals surface area contributed by atoms with Crippen LogP contribution in [0.3, 0.4) is 0 Å². The molecular weight excluding hydrogens is 181 g/mol. The number of hydrogen-bond donors (Lipinski definition) is 0. The lowest BCUT2D eigenvalue weighted by molar-refractivity contribution is 0.212. The Kier molecular flexibility index (Phi) is 1.86. The van der Waals surface area contributed by atoms with Crippen LogP contribution >= 0.6 is 8.30 Å². The Bertz CT molecular complexity index is 303. The lowest BCUT2D eigenvalue weighted by Gasteiger charge is -2.35. The molecule has 3 heteroatoms. The monoisotopic (exact) mass is 193 g/mol. The van der Waals surface area contributed by atoms with E-state index in [4.69, 9.17) is 4.52 Å². The lowest BCUT2D eigenvalue weighted by atomic mass is 10.1. The zero-order valence-corrected chi connectivity index (χ0v) is 8.28. The first kappa shape index (κ1) is 7.93. The first-order valence-electron chi connectivity index (χ1n) is 4.70. The fourth-order valence-electron chi connectivity index (χ4n) is 1.84. The standard InChI is InChI=1S/C10H12NOP/c1-2-4-10(5-3-1)13-11-7-6-9(11)8-12-13/h1-5,9H,6-8H2/t9-,13-/m0/s1. The third kappa shape index (κ3) is 1.21. The van der Waals surface area contributed by atoms with E-state index in [1.54, 1.807) is 0 Å². The SMILES string of the molecule is c1ccc([P@]2OC[C@@H]3CCN32)cc1. The van der Waals surface area contributed by atoms with Crippen molar-refractivity contribution < 1.29 is 4.52 Å². The van der Waals surface area contributed by atoms with Gasteiger partial charge in [0.05, 0.1) is 6.61 Å². The molecule has 0 N–H and O–H groups in total. The number of fused-ring (bicyclic) bond motifs is 1. The Morgan fingerprint density at radius 2 is 2.15 bits per heavy atom. The van der Waals surface area contributed by atoms with Crippen LogP contribution in [0, 0.1) is 0 Å². The van der Waals surface area contributed by atoms with Crippen LogP contribution in [0.5, 0.6) is 0 Å². The summed E-state index contributed by atoms with van der Waals surface area (Å²) in [4.78, 5) is 0. The van der Waals surface area contributed by atoms with E-state index in [-0.39, 0.29) is 0 Å². The summed E-state index contributed by atoms with van der Waals surface area (Å²) >= 11 is 0. The summed E-state index contributed by atoms with van der Waals surface area (Å²) in [6, 6.07) is 11.3. The Labute approximate surface area is 79.4 Å². The molecular formula is C10H12NOP. The van der Waals surface area contributed by atoms with Crippen LogP contribution in [0.4, 0.5) is 0 Å². The van der Waals surface area contributed by atoms with Gasteiger partial charge in [-0.05, 0) is 6.42 Å². The van der Waals surface area contributed by atoms with E-state index in [0.29, 0.717) is 0 Å². The fourth-order valence-corrected chi connectivity index (χ4v) is 3.96. The van der Waals surface area contributed by atoms with Crippen molar-refractivity contribution in [1.82, 2.24) is 4.67 Å². The van der Waals surface area contributed by atoms with Gasteiger partial charge in [-0.2, -0.15) is 0 Å². The van der Waals surface area contributed by atoms with E-state index in [2.05, 4.69) is 35.0 Å². The average molecular weight is 193 g/mol. The van der Waals surface area contributed by atoms with Crippen molar-refractivity contribution in [2.75, 3.05) is 13.2 Å². The van der Waals surface area contributed by atoms with Gasteiger partial charge in [0.15, 0.2) is 0 Å². The number of nitrogens with zero attached hydrogens (tertiary/aromatic N) is 1. The highest BCUT2D eigenvalue weighted by Gasteiger charge is 2.41. The largest absolute Gasteiger partial charge is 0.338 e. The average Bonchev–Trinajstić information content (AvgIpc) is 2.43. The zero-order valence-electron chi connectivity index (χ0n) is 7.39. The Morgan fingerprint density at radius 3 is 2.77 bits per heavy atom. The Balaban J connectivity index is 1.86. The van der Waals surface area contributed by atoms with Crippen molar-refractivity contribution in [3.63, 3.8) is 0 Å². The van der Waals surface area contributed by atoms with E-state index in [0.717, 1.165) is 12.6 Å². The van der Waals surface area contributed by atoms with Gasteiger partial charge in [0.2, 0.25) is 0 Å². The molecule has 0 spiro atoms. The molecule has 68 valence electrons. The van der Waals surface area contributed by atoms with E-state index in [1.165, 1.54) is 18.3 Å². The minimum Gasteiger partial charge on any atom is -0.338 e. The molecule has 1 aromatic carbocycles. The summed E-state index contributed by atoms with van der Waals surface area (Å²) < 4.78 is 8.32. The van der Waals surface area contributed by atoms with Gasteiger partial charge in [-0.1, -0.05) is 30.3 Å². The highest BCUT2D eigenvalue weighted by molar-refractivity contribution is 7.58. The maximum absolute atomic E-state index is 5.82. The molecule has 0 amide bonds. The van der Waals surface area contributed by atoms with Gasteiger partial charge in [0.25, 0.3) is 0 Å². The second kappa shape index (κ2) is 3.06. The molecule has 1 aromatic rings. The molecule has 2 heterocycles. The van der Waals surface area contributed by atoms with Crippen LogP contribution in [0.25, 0.3) is 0 Å². The summed E-state index contributed by atoms with van der Waals surface area (Å²) in [5.41, 5.74) is 0. The maximum Gasteiger partial charge on any atom is 0.137 e. The summed E-state index contributed by atoms with van der Waals surface area (Å²) in [6.07, 6.45) is 1.33. The quantitative estimate of drug-likeness (QED) is 0.630. The normalized spacial score (nSPS) is 32.6. The Morgan fingerprint density at radius 1 is 1.31 bits per heavy atom. The molecule has 3 rings (SSSR count). The summed E-state index contributed by atoms with van der Waals surface area (Å²) in [6.45, 7) is 2.17. The first-order valence-corrected chi connectivity index (χ1v) is 5.91. The van der Waals surface area contributed by atoms with Gasteiger partial charge in [0.1, 0.15) is 8.30 Å². The smallest absolute Gasteiger partial charge is 0.137 e. The van der Waals surface area contributed by atoms with Gasteiger partial charge in [-0.15, -0.1) is 0 Å². The van der Waals surface area contributed by atoms with Crippen LogP contribution < -0.4 is 5.30 Å². The number of benzene rings is 1. The van der Waals surface area contributed by atoms with Crippen molar-refractivity contribution in [2.45, 2.75) is 12.5 Å². The number of hydrogen-bond acceptors (Lipinski definition) is 2. The molecule has 2 nitrogen and oxygen atoms in total. The molecule has 13 heavy (non-hydrogen) atoms. The van der Waals surface area contributed by atoms with Crippen molar-refractivity contribution in [3.8, 4) is 0 Å². The van der Waals surface area contributed by atoms with Crippen molar-refractivity contribution in [1.29, 1.82) is 0 Å². The van der Waals surface area contributed by atoms with Crippen LogP contribution in [0.1, 0.15) is 6.42 Å². The minimum atomic E-state index is -0.421. The number of rotatable bonds is 1. The van der Waals surface area contributed by atoms with Crippen LogP contribution in [-0.4, -0.2) is 23.9 Å². The fraction of sp³-hybridized carbons (Fsp3) is 0.400. The van der Waals surface area contributed by atoms with Crippen LogP contribution in [0.15, 0.2) is 30.3 Å². The van der Waals surface area contributed by atoms with Crippen LogP contribution in [-0.2, 0) is 4.52 Å². The van der Waals surface area contributed by atoms with E-state index in [9.17, 15) is 0 Å². The third-order valence-corrected chi connectivity index (χ3v) is 4.84. The van der Waals surface area contributed by atoms with Crippen molar-refractivity contribution >= 4 is 13.6 Å². The molecule has 2 aliphatic rings. The highest BCUT2D eigenvalue weighted by Crippen LogP contribution is 2.52. The molecule has 2 aliphatic heterocycles. The predicted molar refractivity (Wildman–Crippen MR) is 54.1 cm³/mol. The van der Waals surface area contributed by atoms with Gasteiger partial charge in [-0.3, -0.25) is 4.67 Å². The maximum atomic E-state index is 5.82. The molecule has 0 bridgehead atoms. The predicted octanol–water partition coefficient (Wildman–Crippen LogP) is 1.73. The van der Waals surface area contributed by atoms with E-state index in [1.807, 2.05) is 0 Å². The summed E-state index contributed by atoms with van der Waals surface area (Å²) in [7, 11) is -0.421. The minimum absolute atomic E-state index is 0.421. The molecule has 2 saturated heterocycles. The summed E-state index contributed by atoms with van der Waals surface area (Å²) in [5.74, 6) is 0. The van der Waals surface area contributed by atoms with Crippen LogP contribution in [0.2, 0.25) is 0 Å². The summed E-state index contributed by atoms with van der Waals surface area (Å²) in [5, 5.41) is 1.36. The van der Waals surface area contributed by atoms with Gasteiger partial charge < -0.3 is 4.52 Å². The molecule has 0 aromatic heterocycles. The molecule has 2 fully saturated rings. The topological polar surface area (TPSA) is 12.5 Å². The molecule has 0 saturated carbocycles. The second-order valence-electron chi connectivity index (χ2n) is 3.51. The molecule has 0 radical (unpaired) electrons. The third-order valence-electron chi connectivity index (χ3n) is 2.71. The second-order valence-corrected chi connectivity index (χ2v) is 5.34. The van der Waals surface area contributed by atoms with E-state index >= 15 is 0 Å². The molecule has 0 unspecified atom stereocenters. The van der Waals surface area contributed by atoms with Crippen molar-refractivity contribution in [2.24, 2.45) is 0 Å². The van der Waals surface area contributed by atoms with Gasteiger partial charge >= 0.3 is 0 Å². The first-order chi connectivity index (χ1) is 6.45. The Hall–Kier alpha value is -0.430. The van der Waals surface area contributed by atoms with Crippen molar-refractivity contribution in [3.05, 3.63) is 30.3 Å². The zero-order chi connectivity index (χ0) is 8.67. The lowest BCUT2D eigenvalue weighted by Crippen LogP contribution is -2.41. The molecule has 2 atom stereocenters. The van der Waals surface area contributed by atoms with E-state index < -0.39 is 8.30 Å². The highest BCUT2D eigenvalue weighted by atomic mass is 31.2. The van der Waals surface area contributed by atoms with Gasteiger partial charge in [0, 0.05) is 17.9 Å². The van der Waals surface area contributed by atoms with Gasteiger partial charge in [-0.25, -0.2) is 0 Å². The molecule has 0 aliphatic carbocycles.